The molecule has 1 aliphatic heterocycles. The number of aliphatic carboxylic acids is 1. The van der Waals surface area contributed by atoms with Crippen molar-refractivity contribution >= 4 is 21.0 Å². The Hall–Kier alpha value is -1.37. The fraction of sp³-hybridized carbons (Fsp3) is 0.429. The van der Waals surface area contributed by atoms with Gasteiger partial charge in [-0.05, 0) is 13.8 Å². The molecule has 14 heavy (non-hydrogen) atoms. The third-order valence-electron chi connectivity index (χ3n) is 1.39. The van der Waals surface area contributed by atoms with Gasteiger partial charge in [-0.25, -0.2) is 13.2 Å². The number of carboxylic acids is 1. The second kappa shape index (κ2) is 3.41. The summed E-state index contributed by atoms with van der Waals surface area (Å²) in [7, 11) is -3.68. The van der Waals surface area contributed by atoms with Crippen molar-refractivity contribution in [2.75, 3.05) is 0 Å². The van der Waals surface area contributed by atoms with Crippen LogP contribution in [0.25, 0.3) is 0 Å². The molecule has 1 aliphatic rings. The van der Waals surface area contributed by atoms with Crippen molar-refractivity contribution < 1.29 is 18.3 Å². The molecule has 0 aromatic rings. The van der Waals surface area contributed by atoms with Crippen LogP contribution in [0.3, 0.4) is 0 Å². The predicted molar refractivity (Wildman–Crippen MR) is 50.3 cm³/mol. The summed E-state index contributed by atoms with van der Waals surface area (Å²) in [6.07, 6.45) is 0. The molecule has 6 nitrogen and oxygen atoms in total. The molecule has 0 aromatic heterocycles. The van der Waals surface area contributed by atoms with Crippen LogP contribution < -0.4 is 5.32 Å². The second-order valence-electron chi connectivity index (χ2n) is 3.03. The van der Waals surface area contributed by atoms with Gasteiger partial charge in [0.05, 0.1) is 5.41 Å². The molecule has 0 fully saturated rings. The van der Waals surface area contributed by atoms with E-state index in [2.05, 4.69) is 10.3 Å². The molecule has 0 aliphatic carbocycles. The van der Waals surface area contributed by atoms with E-state index in [1.807, 2.05) is 0 Å². The molecule has 0 atom stereocenters. The highest BCUT2D eigenvalue weighted by Crippen LogP contribution is 2.10. The smallest absolute Gasteiger partial charge is 0.353 e. The first-order valence-electron chi connectivity index (χ1n) is 3.88. The van der Waals surface area contributed by atoms with E-state index in [1.54, 1.807) is 13.8 Å². The molecule has 0 saturated heterocycles. The lowest BCUT2D eigenvalue weighted by atomic mass is 10.4. The minimum absolute atomic E-state index is 0.214. The third-order valence-corrected chi connectivity index (χ3v) is 2.68. The van der Waals surface area contributed by atoms with Crippen LogP contribution in [0.1, 0.15) is 13.8 Å². The highest BCUT2D eigenvalue weighted by atomic mass is 32.2. The van der Waals surface area contributed by atoms with Gasteiger partial charge in [0.2, 0.25) is 15.0 Å². The van der Waals surface area contributed by atoms with Gasteiger partial charge in [-0.1, -0.05) is 0 Å². The van der Waals surface area contributed by atoms with E-state index >= 15 is 0 Å². The zero-order chi connectivity index (χ0) is 10.9. The fourth-order valence-corrected chi connectivity index (χ4v) is 2.06. The number of aliphatic imine (C=N–C) groups is 1. The first-order chi connectivity index (χ1) is 6.33. The molecular weight excluding hydrogens is 208 g/mol. The Balaban J connectivity index is 3.08. The molecule has 0 spiro atoms. The van der Waals surface area contributed by atoms with Crippen molar-refractivity contribution in [3.63, 3.8) is 0 Å². The summed E-state index contributed by atoms with van der Waals surface area (Å²) in [6.45, 7) is 3.39. The Kier molecular flexibility index (Phi) is 2.61. The predicted octanol–water partition coefficient (Wildman–Crippen LogP) is -0.305. The van der Waals surface area contributed by atoms with Gasteiger partial charge < -0.3 is 10.4 Å². The van der Waals surface area contributed by atoms with Gasteiger partial charge in [0.15, 0.2) is 0 Å². The maximum Gasteiger partial charge on any atom is 0.353 e. The molecule has 1 rings (SSSR count). The van der Waals surface area contributed by atoms with E-state index in [4.69, 9.17) is 5.11 Å². The summed E-state index contributed by atoms with van der Waals surface area (Å²) >= 11 is 0. The van der Waals surface area contributed by atoms with Crippen LogP contribution in [-0.4, -0.2) is 30.7 Å². The first-order valence-corrected chi connectivity index (χ1v) is 5.42. The number of amidine groups is 1. The Morgan fingerprint density at radius 1 is 1.57 bits per heavy atom. The van der Waals surface area contributed by atoms with Crippen LogP contribution in [0.4, 0.5) is 0 Å². The highest BCUT2D eigenvalue weighted by Gasteiger charge is 2.29. The number of carboxylic acid groups (broad SMARTS) is 1. The topological polar surface area (TPSA) is 95.8 Å². The molecule has 0 aromatic carbocycles. The van der Waals surface area contributed by atoms with Gasteiger partial charge in [-0.3, -0.25) is 4.99 Å². The van der Waals surface area contributed by atoms with Crippen molar-refractivity contribution in [2.45, 2.75) is 19.9 Å². The van der Waals surface area contributed by atoms with E-state index in [1.165, 1.54) is 0 Å². The number of nitrogens with zero attached hydrogens (tertiary/aromatic N) is 1. The van der Waals surface area contributed by atoms with Crippen molar-refractivity contribution in [3.8, 4) is 0 Å². The number of rotatable bonds is 2. The highest BCUT2D eigenvalue weighted by molar-refractivity contribution is 8.09. The van der Waals surface area contributed by atoms with Crippen LogP contribution in [0.5, 0.6) is 0 Å². The van der Waals surface area contributed by atoms with Gasteiger partial charge in [0.25, 0.3) is 0 Å². The third kappa shape index (κ3) is 2.11. The maximum absolute atomic E-state index is 11.3. The van der Waals surface area contributed by atoms with E-state index in [-0.39, 0.29) is 16.9 Å². The fourth-order valence-electron chi connectivity index (χ4n) is 0.871. The lowest BCUT2D eigenvalue weighted by molar-refractivity contribution is -0.132. The Morgan fingerprint density at radius 3 is 2.50 bits per heavy atom. The minimum atomic E-state index is -3.68. The average molecular weight is 218 g/mol. The molecule has 2 N–H and O–H groups in total. The zero-order valence-corrected chi connectivity index (χ0v) is 8.50. The van der Waals surface area contributed by atoms with Crippen molar-refractivity contribution in [1.82, 2.24) is 5.32 Å². The van der Waals surface area contributed by atoms with E-state index < -0.39 is 15.8 Å². The van der Waals surface area contributed by atoms with E-state index in [0.717, 1.165) is 0 Å². The molecule has 0 saturated carbocycles. The SMILES string of the molecule is CC(C)N=C1NC(C(=O)O)=CS1(=O)=O. The molecule has 0 radical (unpaired) electrons. The van der Waals surface area contributed by atoms with Crippen LogP contribution in [0.2, 0.25) is 0 Å². The van der Waals surface area contributed by atoms with E-state index in [9.17, 15) is 13.2 Å². The molecule has 78 valence electrons. The van der Waals surface area contributed by atoms with Gasteiger partial charge in [-0.2, -0.15) is 0 Å². The van der Waals surface area contributed by atoms with Gasteiger partial charge >= 0.3 is 5.97 Å². The van der Waals surface area contributed by atoms with Crippen molar-refractivity contribution in [2.24, 2.45) is 4.99 Å². The summed E-state index contributed by atoms with van der Waals surface area (Å²) in [4.78, 5) is 14.2. The first kappa shape index (κ1) is 10.7. The molecule has 0 bridgehead atoms. The lowest BCUT2D eigenvalue weighted by Crippen LogP contribution is -2.26. The van der Waals surface area contributed by atoms with Crippen LogP contribution in [0, 0.1) is 0 Å². The standard InChI is InChI=1S/C7H10N2O4S/c1-4(2)8-7-9-5(6(10)11)3-14(7,12)13/h3-4H,1-2H3,(H,8,9)(H,10,11). The lowest BCUT2D eigenvalue weighted by Gasteiger charge is -2.01. The monoisotopic (exact) mass is 218 g/mol. The largest absolute Gasteiger partial charge is 0.477 e. The summed E-state index contributed by atoms with van der Waals surface area (Å²) in [5, 5.41) is 11.1. The number of hydrogen-bond acceptors (Lipinski definition) is 4. The van der Waals surface area contributed by atoms with Gasteiger partial charge in [0.1, 0.15) is 5.70 Å². The Morgan fingerprint density at radius 2 is 2.14 bits per heavy atom. The molecule has 0 amide bonds. The summed E-state index contributed by atoms with van der Waals surface area (Å²) < 4.78 is 22.6. The molecule has 0 unspecified atom stereocenters. The van der Waals surface area contributed by atoms with Gasteiger partial charge in [-0.15, -0.1) is 0 Å². The van der Waals surface area contributed by atoms with Crippen LogP contribution in [0.15, 0.2) is 16.1 Å². The van der Waals surface area contributed by atoms with E-state index in [0.29, 0.717) is 5.41 Å². The quantitative estimate of drug-likeness (QED) is 0.663. The van der Waals surface area contributed by atoms with Crippen molar-refractivity contribution in [3.05, 3.63) is 11.1 Å². The maximum atomic E-state index is 11.3. The molecule has 7 heteroatoms. The number of carbonyl (C=O) groups is 1. The molecule has 1 heterocycles. The molecular formula is C7H10N2O4S. The average Bonchev–Trinajstić information content (AvgIpc) is 2.26. The summed E-state index contributed by atoms with van der Waals surface area (Å²) in [5.41, 5.74) is -0.371. The number of sulfone groups is 1. The Labute approximate surface area is 81.3 Å². The zero-order valence-electron chi connectivity index (χ0n) is 7.68. The number of nitrogens with one attached hydrogen (secondary N) is 1. The van der Waals surface area contributed by atoms with Gasteiger partial charge in [0, 0.05) is 6.04 Å². The van der Waals surface area contributed by atoms with Crippen LogP contribution >= 0.6 is 0 Å². The summed E-state index contributed by atoms with van der Waals surface area (Å²) in [6, 6.07) is -0.214. The summed E-state index contributed by atoms with van der Waals surface area (Å²) in [5.74, 6) is -1.32. The second-order valence-corrected chi connectivity index (χ2v) is 4.75. The van der Waals surface area contributed by atoms with Crippen molar-refractivity contribution in [1.29, 1.82) is 0 Å². The minimum Gasteiger partial charge on any atom is -0.477 e. The Bertz CT molecular complexity index is 419. The van der Waals surface area contributed by atoms with Crippen LogP contribution in [-0.2, 0) is 14.6 Å². The normalized spacial score (nSPS) is 22.2. The number of hydrogen-bond donors (Lipinski definition) is 2.